The quantitative estimate of drug-likeness (QED) is 0.784. The molecule has 1 saturated carbocycles. The van der Waals surface area contributed by atoms with E-state index in [1.165, 1.54) is 44.1 Å². The van der Waals surface area contributed by atoms with Gasteiger partial charge in [0.1, 0.15) is 5.75 Å². The molecule has 0 unspecified atom stereocenters. The Bertz CT molecular complexity index is 383. The van der Waals surface area contributed by atoms with Crippen LogP contribution in [0.25, 0.3) is 0 Å². The van der Waals surface area contributed by atoms with Crippen LogP contribution in [0, 0.1) is 0 Å². The number of rotatable bonds is 6. The van der Waals surface area contributed by atoms with E-state index < -0.39 is 0 Å². The fourth-order valence-electron chi connectivity index (χ4n) is 3.36. The summed E-state index contributed by atoms with van der Waals surface area (Å²) >= 11 is 0. The number of benzene rings is 1. The van der Waals surface area contributed by atoms with Gasteiger partial charge in [-0.05, 0) is 31.9 Å². The lowest BCUT2D eigenvalue weighted by Gasteiger charge is -2.39. The molecular weight excluding hydrogens is 234 g/mol. The lowest BCUT2D eigenvalue weighted by Crippen LogP contribution is -2.40. The Morgan fingerprint density at radius 2 is 1.89 bits per heavy atom. The first-order valence-electron chi connectivity index (χ1n) is 7.66. The minimum Gasteiger partial charge on any atom is -0.496 e. The third-order valence-electron chi connectivity index (χ3n) is 4.38. The lowest BCUT2D eigenvalue weighted by molar-refractivity contribution is 0.270. The summed E-state index contributed by atoms with van der Waals surface area (Å²) in [4.78, 5) is 0. The molecule has 0 aliphatic heterocycles. The molecule has 0 heterocycles. The fraction of sp³-hybridized carbons (Fsp3) is 0.647. The number of hydrogen-bond donors (Lipinski definition) is 1. The van der Waals surface area contributed by atoms with Crippen LogP contribution in [0.5, 0.6) is 5.75 Å². The maximum atomic E-state index is 5.60. The van der Waals surface area contributed by atoms with Crippen LogP contribution in [0.15, 0.2) is 24.3 Å². The standard InChI is InChI=1S/C17H27NO/c1-3-13-18-14-17(11-7-4-8-12-17)15-9-5-6-10-16(15)19-2/h5-6,9-10,18H,3-4,7-8,11-14H2,1-2H3. The van der Waals surface area contributed by atoms with Crippen molar-refractivity contribution < 1.29 is 4.74 Å². The molecule has 1 aliphatic rings. The molecule has 2 rings (SSSR count). The molecule has 0 radical (unpaired) electrons. The summed E-state index contributed by atoms with van der Waals surface area (Å²) in [6, 6.07) is 8.58. The molecule has 2 nitrogen and oxygen atoms in total. The van der Waals surface area contributed by atoms with E-state index in [-0.39, 0.29) is 5.41 Å². The normalized spacial score (nSPS) is 18.2. The van der Waals surface area contributed by atoms with Crippen LogP contribution in [-0.2, 0) is 5.41 Å². The summed E-state index contributed by atoms with van der Waals surface area (Å²) in [5.74, 6) is 1.06. The summed E-state index contributed by atoms with van der Waals surface area (Å²) in [5, 5.41) is 3.64. The molecule has 1 N–H and O–H groups in total. The van der Waals surface area contributed by atoms with Gasteiger partial charge < -0.3 is 10.1 Å². The number of methoxy groups -OCH3 is 1. The number of para-hydroxylation sites is 1. The third kappa shape index (κ3) is 3.30. The molecule has 1 aromatic rings. The first kappa shape index (κ1) is 14.4. The van der Waals surface area contributed by atoms with Crippen molar-refractivity contribution in [1.29, 1.82) is 0 Å². The molecule has 0 saturated heterocycles. The summed E-state index contributed by atoms with van der Waals surface area (Å²) in [7, 11) is 1.79. The van der Waals surface area contributed by atoms with Crippen molar-refractivity contribution in [2.75, 3.05) is 20.2 Å². The largest absolute Gasteiger partial charge is 0.496 e. The van der Waals surface area contributed by atoms with Gasteiger partial charge in [0.25, 0.3) is 0 Å². The second kappa shape index (κ2) is 6.95. The van der Waals surface area contributed by atoms with Crippen LogP contribution in [0.3, 0.4) is 0 Å². The maximum Gasteiger partial charge on any atom is 0.122 e. The molecule has 106 valence electrons. The van der Waals surface area contributed by atoms with Crippen molar-refractivity contribution >= 4 is 0 Å². The Kier molecular flexibility index (Phi) is 5.26. The highest BCUT2D eigenvalue weighted by Crippen LogP contribution is 2.42. The van der Waals surface area contributed by atoms with Gasteiger partial charge in [-0.1, -0.05) is 44.4 Å². The Balaban J connectivity index is 2.25. The smallest absolute Gasteiger partial charge is 0.122 e. The van der Waals surface area contributed by atoms with Crippen LogP contribution in [0.1, 0.15) is 51.0 Å². The second-order valence-corrected chi connectivity index (χ2v) is 5.72. The number of ether oxygens (including phenoxy) is 1. The SMILES string of the molecule is CCCNCC1(c2ccccc2OC)CCCCC1. The maximum absolute atomic E-state index is 5.60. The fourth-order valence-corrected chi connectivity index (χ4v) is 3.36. The zero-order valence-corrected chi connectivity index (χ0v) is 12.4. The number of nitrogens with one attached hydrogen (secondary N) is 1. The van der Waals surface area contributed by atoms with E-state index in [1.54, 1.807) is 7.11 Å². The van der Waals surface area contributed by atoms with Crippen LogP contribution in [-0.4, -0.2) is 20.2 Å². The van der Waals surface area contributed by atoms with Gasteiger partial charge in [-0.25, -0.2) is 0 Å². The van der Waals surface area contributed by atoms with E-state index in [0.717, 1.165) is 18.8 Å². The highest BCUT2D eigenvalue weighted by atomic mass is 16.5. The Labute approximate surface area is 117 Å². The zero-order chi connectivity index (χ0) is 13.6. The molecule has 1 fully saturated rings. The van der Waals surface area contributed by atoms with Gasteiger partial charge in [-0.2, -0.15) is 0 Å². The molecule has 0 aromatic heterocycles. The van der Waals surface area contributed by atoms with Crippen LogP contribution in [0.4, 0.5) is 0 Å². The first-order chi connectivity index (χ1) is 9.32. The van der Waals surface area contributed by atoms with Gasteiger partial charge >= 0.3 is 0 Å². The molecule has 0 amide bonds. The third-order valence-corrected chi connectivity index (χ3v) is 4.38. The van der Waals surface area contributed by atoms with Crippen LogP contribution < -0.4 is 10.1 Å². The zero-order valence-electron chi connectivity index (χ0n) is 12.4. The topological polar surface area (TPSA) is 21.3 Å². The molecule has 0 spiro atoms. The summed E-state index contributed by atoms with van der Waals surface area (Å²) in [6.07, 6.45) is 7.82. The minimum absolute atomic E-state index is 0.278. The molecule has 0 bridgehead atoms. The molecule has 19 heavy (non-hydrogen) atoms. The molecule has 0 atom stereocenters. The van der Waals surface area contributed by atoms with E-state index in [9.17, 15) is 0 Å². The van der Waals surface area contributed by atoms with Crippen molar-refractivity contribution in [3.8, 4) is 5.75 Å². The molecule has 2 heteroatoms. The van der Waals surface area contributed by atoms with E-state index >= 15 is 0 Å². The van der Waals surface area contributed by atoms with Gasteiger partial charge in [0.15, 0.2) is 0 Å². The Morgan fingerprint density at radius 1 is 1.16 bits per heavy atom. The van der Waals surface area contributed by atoms with Crippen molar-refractivity contribution in [2.24, 2.45) is 0 Å². The minimum atomic E-state index is 0.278. The van der Waals surface area contributed by atoms with Crippen LogP contribution in [0.2, 0.25) is 0 Å². The van der Waals surface area contributed by atoms with E-state index in [0.29, 0.717) is 0 Å². The highest BCUT2D eigenvalue weighted by Gasteiger charge is 2.35. The number of hydrogen-bond acceptors (Lipinski definition) is 2. The highest BCUT2D eigenvalue weighted by molar-refractivity contribution is 5.40. The van der Waals surface area contributed by atoms with Gasteiger partial charge in [0.2, 0.25) is 0 Å². The monoisotopic (exact) mass is 261 g/mol. The van der Waals surface area contributed by atoms with Crippen molar-refractivity contribution in [1.82, 2.24) is 5.32 Å². The molecule has 1 aliphatic carbocycles. The van der Waals surface area contributed by atoms with Crippen LogP contribution >= 0.6 is 0 Å². The Hall–Kier alpha value is -1.02. The van der Waals surface area contributed by atoms with Gasteiger partial charge in [-0.15, -0.1) is 0 Å². The molecule has 1 aromatic carbocycles. The van der Waals surface area contributed by atoms with E-state index in [4.69, 9.17) is 4.74 Å². The van der Waals surface area contributed by atoms with E-state index in [2.05, 4.69) is 36.5 Å². The van der Waals surface area contributed by atoms with Gasteiger partial charge in [0.05, 0.1) is 7.11 Å². The predicted octanol–water partition coefficient (Wildman–Crippen LogP) is 3.90. The summed E-state index contributed by atoms with van der Waals surface area (Å²) in [5.41, 5.74) is 1.68. The first-order valence-corrected chi connectivity index (χ1v) is 7.66. The van der Waals surface area contributed by atoms with Gasteiger partial charge in [0, 0.05) is 17.5 Å². The summed E-state index contributed by atoms with van der Waals surface area (Å²) in [6.45, 7) is 4.42. The van der Waals surface area contributed by atoms with Gasteiger partial charge in [-0.3, -0.25) is 0 Å². The summed E-state index contributed by atoms with van der Waals surface area (Å²) < 4.78 is 5.60. The lowest BCUT2D eigenvalue weighted by atomic mass is 9.69. The van der Waals surface area contributed by atoms with Crippen molar-refractivity contribution in [3.63, 3.8) is 0 Å². The Morgan fingerprint density at radius 3 is 2.58 bits per heavy atom. The average Bonchev–Trinajstić information content (AvgIpc) is 2.48. The predicted molar refractivity (Wildman–Crippen MR) is 80.9 cm³/mol. The van der Waals surface area contributed by atoms with E-state index in [1.807, 2.05) is 0 Å². The van der Waals surface area contributed by atoms with Crippen molar-refractivity contribution in [2.45, 2.75) is 50.9 Å². The van der Waals surface area contributed by atoms with Crippen molar-refractivity contribution in [3.05, 3.63) is 29.8 Å². The second-order valence-electron chi connectivity index (χ2n) is 5.72. The molecular formula is C17H27NO. The average molecular weight is 261 g/mol.